The van der Waals surface area contributed by atoms with Gasteiger partial charge in [0.2, 0.25) is 10.0 Å². The standard InChI is InChI=1S/C26H32N4O4S/c1-17(2)28-12-11-22(15-28)34-21-9-10-24-23(14-21)26(31)29(16-27-24)25-13-20(6-5-18(25)3)30(19-7-8-19)35(4,32)33/h5-6,9-10,13-14,16-17,19,22H,7-8,11-12,15H2,1-4H3. The first-order chi connectivity index (χ1) is 16.6. The second-order valence-corrected chi connectivity index (χ2v) is 11.8. The van der Waals surface area contributed by atoms with E-state index >= 15 is 0 Å². The first kappa shape index (κ1) is 23.8. The van der Waals surface area contributed by atoms with E-state index in [2.05, 4.69) is 23.7 Å². The number of rotatable bonds is 7. The molecule has 1 saturated heterocycles. The van der Waals surface area contributed by atoms with Crippen molar-refractivity contribution in [2.75, 3.05) is 23.7 Å². The molecule has 1 aliphatic carbocycles. The van der Waals surface area contributed by atoms with E-state index in [0.717, 1.165) is 37.9 Å². The number of aromatic nitrogens is 2. The van der Waals surface area contributed by atoms with E-state index < -0.39 is 10.0 Å². The molecule has 8 nitrogen and oxygen atoms in total. The molecule has 0 bridgehead atoms. The average Bonchev–Trinajstić information content (AvgIpc) is 3.50. The topological polar surface area (TPSA) is 84.7 Å². The van der Waals surface area contributed by atoms with E-state index in [-0.39, 0.29) is 17.7 Å². The normalized spacial score (nSPS) is 18.9. The van der Waals surface area contributed by atoms with Crippen molar-refractivity contribution in [1.82, 2.24) is 14.5 Å². The quantitative estimate of drug-likeness (QED) is 0.498. The van der Waals surface area contributed by atoms with Crippen LogP contribution in [-0.2, 0) is 10.0 Å². The number of hydrogen-bond donors (Lipinski definition) is 0. The van der Waals surface area contributed by atoms with Gasteiger partial charge in [-0.1, -0.05) is 6.07 Å². The Kier molecular flexibility index (Phi) is 6.09. The summed E-state index contributed by atoms with van der Waals surface area (Å²) in [6.45, 7) is 8.15. The van der Waals surface area contributed by atoms with Crippen LogP contribution in [0, 0.1) is 6.92 Å². The minimum absolute atomic E-state index is 0.0195. The van der Waals surface area contributed by atoms with Crippen molar-refractivity contribution in [2.24, 2.45) is 0 Å². The van der Waals surface area contributed by atoms with Crippen molar-refractivity contribution in [2.45, 2.75) is 58.2 Å². The minimum Gasteiger partial charge on any atom is -0.489 e. The third kappa shape index (κ3) is 4.79. The SMILES string of the molecule is Cc1ccc(N(C2CC2)S(C)(=O)=O)cc1-n1cnc2ccc(OC3CCN(C(C)C)C3)cc2c1=O. The highest BCUT2D eigenvalue weighted by Crippen LogP contribution is 2.35. The molecule has 2 aromatic carbocycles. The van der Waals surface area contributed by atoms with Crippen LogP contribution in [0.2, 0.25) is 0 Å². The van der Waals surface area contributed by atoms with Gasteiger partial charge < -0.3 is 4.74 Å². The fraction of sp³-hybridized carbons (Fsp3) is 0.462. The lowest BCUT2D eigenvalue weighted by atomic mass is 10.1. The molecule has 2 aliphatic rings. The van der Waals surface area contributed by atoms with Crippen LogP contribution in [0.3, 0.4) is 0 Å². The van der Waals surface area contributed by atoms with E-state index in [1.807, 2.05) is 25.1 Å². The summed E-state index contributed by atoms with van der Waals surface area (Å²) in [5, 5.41) is 0.468. The van der Waals surface area contributed by atoms with Crippen LogP contribution in [0.15, 0.2) is 47.5 Å². The number of ether oxygens (including phenoxy) is 1. The van der Waals surface area contributed by atoms with Crippen LogP contribution in [0.25, 0.3) is 16.6 Å². The predicted octanol–water partition coefficient (Wildman–Crippen LogP) is 3.48. The third-order valence-corrected chi connectivity index (χ3v) is 8.11. The van der Waals surface area contributed by atoms with E-state index in [9.17, 15) is 13.2 Å². The molecule has 0 N–H and O–H groups in total. The highest BCUT2D eigenvalue weighted by molar-refractivity contribution is 7.92. The molecule has 1 aromatic heterocycles. The lowest BCUT2D eigenvalue weighted by Gasteiger charge is -2.23. The van der Waals surface area contributed by atoms with Gasteiger partial charge in [0.05, 0.1) is 28.5 Å². The smallest absolute Gasteiger partial charge is 0.265 e. The number of hydrogen-bond acceptors (Lipinski definition) is 6. The van der Waals surface area contributed by atoms with Gasteiger partial charge in [-0.15, -0.1) is 0 Å². The minimum atomic E-state index is -3.43. The zero-order valence-corrected chi connectivity index (χ0v) is 21.5. The average molecular weight is 497 g/mol. The van der Waals surface area contributed by atoms with Gasteiger partial charge in [0.15, 0.2) is 0 Å². The Morgan fingerprint density at radius 3 is 2.54 bits per heavy atom. The molecular formula is C26H32N4O4S. The first-order valence-corrected chi connectivity index (χ1v) is 14.0. The van der Waals surface area contributed by atoms with Crippen LogP contribution < -0.4 is 14.6 Å². The molecule has 0 amide bonds. The summed E-state index contributed by atoms with van der Waals surface area (Å²) < 4.78 is 34.1. The number of sulfonamides is 1. The number of likely N-dealkylation sites (tertiary alicyclic amines) is 1. The van der Waals surface area contributed by atoms with Gasteiger partial charge >= 0.3 is 0 Å². The van der Waals surface area contributed by atoms with Crippen LogP contribution in [0.4, 0.5) is 5.69 Å². The fourth-order valence-electron chi connectivity index (χ4n) is 4.83. The molecule has 0 radical (unpaired) electrons. The Balaban J connectivity index is 1.50. The van der Waals surface area contributed by atoms with Crippen LogP contribution in [-0.4, -0.2) is 60.4 Å². The molecule has 35 heavy (non-hydrogen) atoms. The molecule has 1 unspecified atom stereocenters. The fourth-order valence-corrected chi connectivity index (χ4v) is 6.08. The van der Waals surface area contributed by atoms with Crippen molar-refractivity contribution in [3.63, 3.8) is 0 Å². The summed E-state index contributed by atoms with van der Waals surface area (Å²) in [6.07, 6.45) is 5.46. The lowest BCUT2D eigenvalue weighted by Crippen LogP contribution is -2.32. The molecule has 0 spiro atoms. The van der Waals surface area contributed by atoms with Gasteiger partial charge in [0.1, 0.15) is 18.2 Å². The van der Waals surface area contributed by atoms with Gasteiger partial charge in [-0.3, -0.25) is 18.6 Å². The van der Waals surface area contributed by atoms with Crippen molar-refractivity contribution in [3.05, 3.63) is 58.6 Å². The molecule has 2 fully saturated rings. The number of fused-ring (bicyclic) bond motifs is 1. The van der Waals surface area contributed by atoms with Crippen molar-refractivity contribution in [1.29, 1.82) is 0 Å². The molecular weight excluding hydrogens is 464 g/mol. The zero-order valence-electron chi connectivity index (χ0n) is 20.6. The van der Waals surface area contributed by atoms with E-state index in [1.54, 1.807) is 18.2 Å². The van der Waals surface area contributed by atoms with Crippen molar-refractivity contribution in [3.8, 4) is 11.4 Å². The van der Waals surface area contributed by atoms with Crippen LogP contribution in [0.5, 0.6) is 5.75 Å². The summed E-state index contributed by atoms with van der Waals surface area (Å²) >= 11 is 0. The van der Waals surface area contributed by atoms with Crippen molar-refractivity contribution < 1.29 is 13.2 Å². The summed E-state index contributed by atoms with van der Waals surface area (Å²) in [4.78, 5) is 20.5. The largest absolute Gasteiger partial charge is 0.489 e. The molecule has 1 aliphatic heterocycles. The summed E-state index contributed by atoms with van der Waals surface area (Å²) in [7, 11) is -3.43. The Hall–Kier alpha value is -2.91. The van der Waals surface area contributed by atoms with E-state index in [1.165, 1.54) is 21.5 Å². The Bertz CT molecular complexity index is 1430. The maximum atomic E-state index is 13.6. The molecule has 9 heteroatoms. The lowest BCUT2D eigenvalue weighted by molar-refractivity contribution is 0.187. The summed E-state index contributed by atoms with van der Waals surface area (Å²) in [5.41, 5.74) is 2.42. The van der Waals surface area contributed by atoms with E-state index in [0.29, 0.717) is 34.1 Å². The van der Waals surface area contributed by atoms with Gasteiger partial charge in [0, 0.05) is 25.2 Å². The maximum absolute atomic E-state index is 13.6. The van der Waals surface area contributed by atoms with Gasteiger partial charge in [-0.25, -0.2) is 13.4 Å². The zero-order chi connectivity index (χ0) is 24.9. The highest BCUT2D eigenvalue weighted by atomic mass is 32.2. The number of benzene rings is 2. The molecule has 1 saturated carbocycles. The second-order valence-electron chi connectivity index (χ2n) is 9.98. The molecule has 1 atom stereocenters. The molecule has 5 rings (SSSR count). The first-order valence-electron chi connectivity index (χ1n) is 12.1. The van der Waals surface area contributed by atoms with Crippen LogP contribution in [0.1, 0.15) is 38.7 Å². The summed E-state index contributed by atoms with van der Waals surface area (Å²) in [5.74, 6) is 0.659. The second kappa shape index (κ2) is 8.95. The van der Waals surface area contributed by atoms with E-state index in [4.69, 9.17) is 4.74 Å². The Labute approximate surface area is 206 Å². The Morgan fingerprint density at radius 2 is 1.89 bits per heavy atom. The van der Waals surface area contributed by atoms with Gasteiger partial charge in [0.25, 0.3) is 5.56 Å². The summed E-state index contributed by atoms with van der Waals surface area (Å²) in [6, 6.07) is 11.3. The number of anilines is 1. The van der Waals surface area contributed by atoms with Crippen molar-refractivity contribution >= 4 is 26.6 Å². The molecule has 2 heterocycles. The molecule has 186 valence electrons. The van der Waals surface area contributed by atoms with Gasteiger partial charge in [-0.05, 0) is 75.9 Å². The number of aryl methyl sites for hydroxylation is 1. The Morgan fingerprint density at radius 1 is 1.11 bits per heavy atom. The predicted molar refractivity (Wildman–Crippen MR) is 138 cm³/mol. The monoisotopic (exact) mass is 496 g/mol. The molecule has 3 aromatic rings. The van der Waals surface area contributed by atoms with Crippen LogP contribution >= 0.6 is 0 Å². The number of nitrogens with zero attached hydrogens (tertiary/aromatic N) is 4. The highest BCUT2D eigenvalue weighted by Gasteiger charge is 2.35. The van der Waals surface area contributed by atoms with Gasteiger partial charge in [-0.2, -0.15) is 0 Å². The maximum Gasteiger partial charge on any atom is 0.265 e. The third-order valence-electron chi connectivity index (χ3n) is 6.88.